The summed E-state index contributed by atoms with van der Waals surface area (Å²) in [5.41, 5.74) is 2.34. The van der Waals surface area contributed by atoms with E-state index in [9.17, 15) is 4.79 Å². The molecule has 0 saturated heterocycles. The highest BCUT2D eigenvalue weighted by Crippen LogP contribution is 2.19. The molecule has 0 atom stereocenters. The monoisotopic (exact) mass is 210 g/mol. The van der Waals surface area contributed by atoms with Crippen molar-refractivity contribution in [2.24, 2.45) is 0 Å². The average molecular weight is 210 g/mol. The van der Waals surface area contributed by atoms with Crippen LogP contribution in [0.15, 0.2) is 47.3 Å². The molecule has 16 heavy (non-hydrogen) atoms. The van der Waals surface area contributed by atoms with Crippen LogP contribution >= 0.6 is 0 Å². The van der Waals surface area contributed by atoms with Crippen molar-refractivity contribution in [3.63, 3.8) is 0 Å². The topological polar surface area (TPSA) is 56.6 Å². The van der Waals surface area contributed by atoms with Crippen LogP contribution in [0.25, 0.3) is 11.3 Å². The van der Waals surface area contributed by atoms with Crippen LogP contribution in [-0.2, 0) is 6.42 Å². The Bertz CT molecular complexity index is 579. The number of nitrogens with zero attached hydrogens (tertiary/aromatic N) is 1. The second-order valence-corrected chi connectivity index (χ2v) is 3.42. The Balaban J connectivity index is 2.59. The first kappa shape index (κ1) is 10.2. The van der Waals surface area contributed by atoms with E-state index >= 15 is 0 Å². The van der Waals surface area contributed by atoms with Crippen molar-refractivity contribution >= 4 is 0 Å². The molecule has 0 spiro atoms. The zero-order valence-corrected chi connectivity index (χ0v) is 8.60. The van der Waals surface area contributed by atoms with Gasteiger partial charge in [-0.15, -0.1) is 0 Å². The molecule has 1 N–H and O–H groups in total. The van der Waals surface area contributed by atoms with Crippen molar-refractivity contribution in [1.29, 1.82) is 5.26 Å². The summed E-state index contributed by atoms with van der Waals surface area (Å²) in [6.45, 7) is 0. The maximum absolute atomic E-state index is 11.3. The molecule has 3 heteroatoms. The van der Waals surface area contributed by atoms with Crippen LogP contribution in [0, 0.1) is 11.3 Å². The minimum absolute atomic E-state index is 0.152. The molecule has 2 aromatic rings. The highest BCUT2D eigenvalue weighted by Gasteiger charge is 2.05. The van der Waals surface area contributed by atoms with E-state index in [1.54, 1.807) is 6.07 Å². The van der Waals surface area contributed by atoms with Gasteiger partial charge in [0.1, 0.15) is 0 Å². The molecule has 0 fully saturated rings. The largest absolute Gasteiger partial charge is 0.322 e. The van der Waals surface area contributed by atoms with E-state index < -0.39 is 0 Å². The van der Waals surface area contributed by atoms with E-state index in [-0.39, 0.29) is 5.56 Å². The van der Waals surface area contributed by atoms with Gasteiger partial charge < -0.3 is 4.98 Å². The summed E-state index contributed by atoms with van der Waals surface area (Å²) in [5.74, 6) is 0. The fourth-order valence-corrected chi connectivity index (χ4v) is 1.60. The minimum Gasteiger partial charge on any atom is -0.322 e. The Morgan fingerprint density at radius 3 is 2.56 bits per heavy atom. The first-order valence-electron chi connectivity index (χ1n) is 4.96. The molecule has 78 valence electrons. The molecular weight excluding hydrogens is 200 g/mol. The fraction of sp³-hybridized carbons (Fsp3) is 0.0769. The van der Waals surface area contributed by atoms with Gasteiger partial charge in [0.2, 0.25) is 5.56 Å². The van der Waals surface area contributed by atoms with Crippen LogP contribution in [0.1, 0.15) is 5.56 Å². The number of H-pyrrole nitrogens is 1. The third kappa shape index (κ3) is 2.01. The summed E-state index contributed by atoms with van der Waals surface area (Å²) in [4.78, 5) is 14.1. The van der Waals surface area contributed by atoms with Crippen LogP contribution < -0.4 is 5.56 Å². The van der Waals surface area contributed by atoms with Crippen LogP contribution in [-0.4, -0.2) is 4.98 Å². The number of nitriles is 1. The van der Waals surface area contributed by atoms with Gasteiger partial charge in [-0.2, -0.15) is 5.26 Å². The molecule has 1 aromatic heterocycles. The Labute approximate surface area is 93.0 Å². The highest BCUT2D eigenvalue weighted by molar-refractivity contribution is 5.63. The second-order valence-electron chi connectivity index (χ2n) is 3.42. The average Bonchev–Trinajstić information content (AvgIpc) is 2.33. The van der Waals surface area contributed by atoms with Gasteiger partial charge in [-0.05, 0) is 11.1 Å². The van der Waals surface area contributed by atoms with Crippen molar-refractivity contribution in [3.8, 4) is 17.3 Å². The van der Waals surface area contributed by atoms with E-state index in [0.717, 1.165) is 16.8 Å². The van der Waals surface area contributed by atoms with Gasteiger partial charge in [0.05, 0.1) is 18.2 Å². The van der Waals surface area contributed by atoms with Gasteiger partial charge in [0.15, 0.2) is 0 Å². The first-order chi connectivity index (χ1) is 7.81. The molecule has 0 aliphatic carbocycles. The zero-order valence-electron chi connectivity index (χ0n) is 8.60. The van der Waals surface area contributed by atoms with Crippen molar-refractivity contribution < 1.29 is 0 Å². The van der Waals surface area contributed by atoms with Crippen LogP contribution in [0.4, 0.5) is 0 Å². The molecular formula is C13H10N2O. The lowest BCUT2D eigenvalue weighted by atomic mass is 10.0. The number of benzene rings is 1. The lowest BCUT2D eigenvalue weighted by Gasteiger charge is -2.05. The zero-order chi connectivity index (χ0) is 11.4. The van der Waals surface area contributed by atoms with Crippen molar-refractivity contribution in [3.05, 3.63) is 58.4 Å². The second kappa shape index (κ2) is 4.45. The number of pyridine rings is 1. The molecule has 1 aromatic carbocycles. The molecule has 0 amide bonds. The van der Waals surface area contributed by atoms with Crippen molar-refractivity contribution in [1.82, 2.24) is 4.98 Å². The molecule has 0 unspecified atom stereocenters. The third-order valence-electron chi connectivity index (χ3n) is 2.34. The Kier molecular flexibility index (Phi) is 2.84. The summed E-state index contributed by atoms with van der Waals surface area (Å²) in [7, 11) is 0. The number of aromatic nitrogens is 1. The van der Waals surface area contributed by atoms with E-state index in [1.165, 1.54) is 6.07 Å². The number of nitrogens with one attached hydrogen (secondary N) is 1. The molecule has 1 heterocycles. The first-order valence-corrected chi connectivity index (χ1v) is 4.96. The Hall–Kier alpha value is -2.34. The highest BCUT2D eigenvalue weighted by atomic mass is 16.1. The SMILES string of the molecule is N#CCc1ccc(=O)[nH]c1-c1ccccc1. The van der Waals surface area contributed by atoms with Gasteiger partial charge in [-0.1, -0.05) is 36.4 Å². The van der Waals surface area contributed by atoms with E-state index in [4.69, 9.17) is 5.26 Å². The van der Waals surface area contributed by atoms with Gasteiger partial charge in [0, 0.05) is 6.07 Å². The minimum atomic E-state index is -0.152. The molecule has 0 aliphatic heterocycles. The van der Waals surface area contributed by atoms with Crippen LogP contribution in [0.3, 0.4) is 0 Å². The maximum Gasteiger partial charge on any atom is 0.248 e. The molecule has 2 rings (SSSR count). The number of hydrogen-bond acceptors (Lipinski definition) is 2. The summed E-state index contributed by atoms with van der Waals surface area (Å²) in [5, 5.41) is 8.72. The van der Waals surface area contributed by atoms with Gasteiger partial charge >= 0.3 is 0 Å². The molecule has 3 nitrogen and oxygen atoms in total. The standard InChI is InChI=1S/C13H10N2O/c14-9-8-11-6-7-12(16)15-13(11)10-4-2-1-3-5-10/h1-7H,8H2,(H,15,16). The van der Waals surface area contributed by atoms with E-state index in [2.05, 4.69) is 11.1 Å². The summed E-state index contributed by atoms with van der Waals surface area (Å²) in [6, 6.07) is 14.8. The number of rotatable bonds is 2. The molecule has 0 saturated carbocycles. The number of aromatic amines is 1. The normalized spacial score (nSPS) is 9.69. The Morgan fingerprint density at radius 1 is 1.12 bits per heavy atom. The predicted molar refractivity (Wildman–Crippen MR) is 61.8 cm³/mol. The van der Waals surface area contributed by atoms with Crippen molar-refractivity contribution in [2.75, 3.05) is 0 Å². The Morgan fingerprint density at radius 2 is 1.88 bits per heavy atom. The van der Waals surface area contributed by atoms with Gasteiger partial charge in [0.25, 0.3) is 0 Å². The summed E-state index contributed by atoms with van der Waals surface area (Å²) in [6.07, 6.45) is 0.293. The quantitative estimate of drug-likeness (QED) is 0.825. The van der Waals surface area contributed by atoms with Gasteiger partial charge in [-0.25, -0.2) is 0 Å². The van der Waals surface area contributed by atoms with E-state index in [1.807, 2.05) is 30.3 Å². The van der Waals surface area contributed by atoms with Crippen LogP contribution in [0.5, 0.6) is 0 Å². The molecule has 0 radical (unpaired) electrons. The smallest absolute Gasteiger partial charge is 0.248 e. The lowest BCUT2D eigenvalue weighted by Crippen LogP contribution is -2.07. The van der Waals surface area contributed by atoms with E-state index in [0.29, 0.717) is 6.42 Å². The van der Waals surface area contributed by atoms with Gasteiger partial charge in [-0.3, -0.25) is 4.79 Å². The lowest BCUT2D eigenvalue weighted by molar-refractivity contribution is 1.16. The maximum atomic E-state index is 11.3. The third-order valence-corrected chi connectivity index (χ3v) is 2.34. The molecule has 0 bridgehead atoms. The molecule has 0 aliphatic rings. The fourth-order valence-electron chi connectivity index (χ4n) is 1.60. The predicted octanol–water partition coefficient (Wildman–Crippen LogP) is 2.11. The van der Waals surface area contributed by atoms with Crippen LogP contribution in [0.2, 0.25) is 0 Å². The summed E-state index contributed by atoms with van der Waals surface area (Å²) >= 11 is 0. The summed E-state index contributed by atoms with van der Waals surface area (Å²) < 4.78 is 0. The number of hydrogen-bond donors (Lipinski definition) is 1. The van der Waals surface area contributed by atoms with Crippen molar-refractivity contribution in [2.45, 2.75) is 6.42 Å².